The van der Waals surface area contributed by atoms with Gasteiger partial charge in [0.05, 0.1) is 12.7 Å². The van der Waals surface area contributed by atoms with E-state index < -0.39 is 0 Å². The lowest BCUT2D eigenvalue weighted by Crippen LogP contribution is -2.48. The van der Waals surface area contributed by atoms with Crippen molar-refractivity contribution in [2.24, 2.45) is 0 Å². The average Bonchev–Trinajstić information content (AvgIpc) is 3.31. The molecule has 1 fully saturated rings. The maximum absolute atomic E-state index is 13.1. The van der Waals surface area contributed by atoms with Gasteiger partial charge in [0.15, 0.2) is 0 Å². The number of carbonyl (C=O) groups is 1. The molecule has 0 radical (unpaired) electrons. The number of aryl methyl sites for hydroxylation is 1. The Labute approximate surface area is 199 Å². The number of likely N-dealkylation sites (N-methyl/N-ethyl adjacent to an activating group) is 1. The number of pyridine rings is 2. The summed E-state index contributed by atoms with van der Waals surface area (Å²) in [5.74, 6) is 0.848. The standard InChI is InChI=1S/C27H29N5O2/c1-4-31-7-9-32(10-8-31)27(33)21-12-19(14-28-15-21)20-13-23-24(17-30-26(23)29-16-20)22-11-18(2)5-6-25(22)34-3/h5-6,11-17H,4,7-10H2,1-3H3,(H,29,30). The highest BCUT2D eigenvalue weighted by atomic mass is 16.5. The van der Waals surface area contributed by atoms with Crippen LogP contribution in [0.4, 0.5) is 0 Å². The zero-order valence-corrected chi connectivity index (χ0v) is 19.8. The first-order valence-corrected chi connectivity index (χ1v) is 11.7. The summed E-state index contributed by atoms with van der Waals surface area (Å²) in [6, 6.07) is 10.2. The molecule has 1 N–H and O–H groups in total. The van der Waals surface area contributed by atoms with Crippen LogP contribution in [0.5, 0.6) is 5.75 Å². The van der Waals surface area contributed by atoms with Gasteiger partial charge in [0.2, 0.25) is 0 Å². The molecule has 34 heavy (non-hydrogen) atoms. The van der Waals surface area contributed by atoms with Crippen LogP contribution >= 0.6 is 0 Å². The second-order valence-electron chi connectivity index (χ2n) is 8.72. The number of aromatic amines is 1. The number of ether oxygens (including phenoxy) is 1. The molecule has 3 aromatic heterocycles. The summed E-state index contributed by atoms with van der Waals surface area (Å²) >= 11 is 0. The number of hydrogen-bond acceptors (Lipinski definition) is 5. The summed E-state index contributed by atoms with van der Waals surface area (Å²) in [4.78, 5) is 29.7. The number of fused-ring (bicyclic) bond motifs is 1. The second-order valence-corrected chi connectivity index (χ2v) is 8.72. The molecule has 7 heteroatoms. The van der Waals surface area contributed by atoms with Gasteiger partial charge in [0, 0.05) is 78.6 Å². The van der Waals surface area contributed by atoms with E-state index in [2.05, 4.69) is 45.8 Å². The number of nitrogens with one attached hydrogen (secondary N) is 1. The van der Waals surface area contributed by atoms with E-state index in [0.29, 0.717) is 5.56 Å². The van der Waals surface area contributed by atoms with Crippen molar-refractivity contribution in [3.63, 3.8) is 0 Å². The monoisotopic (exact) mass is 455 g/mol. The smallest absolute Gasteiger partial charge is 0.255 e. The van der Waals surface area contributed by atoms with Gasteiger partial charge in [-0.1, -0.05) is 18.6 Å². The molecule has 1 aromatic carbocycles. The number of aromatic nitrogens is 3. The topological polar surface area (TPSA) is 74.4 Å². The third-order valence-corrected chi connectivity index (χ3v) is 6.60. The van der Waals surface area contributed by atoms with Crippen LogP contribution in [0.1, 0.15) is 22.8 Å². The molecule has 4 aromatic rings. The highest BCUT2D eigenvalue weighted by Crippen LogP contribution is 2.36. The number of methoxy groups -OCH3 is 1. The average molecular weight is 456 g/mol. The van der Waals surface area contributed by atoms with Gasteiger partial charge in [-0.15, -0.1) is 0 Å². The van der Waals surface area contributed by atoms with Crippen LogP contribution < -0.4 is 4.74 Å². The molecule has 1 saturated heterocycles. The van der Waals surface area contributed by atoms with E-state index in [-0.39, 0.29) is 5.91 Å². The minimum atomic E-state index is 0.0333. The maximum atomic E-state index is 13.1. The first-order chi connectivity index (χ1) is 16.6. The highest BCUT2D eigenvalue weighted by molar-refractivity contribution is 5.98. The number of piperazine rings is 1. The van der Waals surface area contributed by atoms with E-state index in [1.165, 1.54) is 0 Å². The Kier molecular flexibility index (Phi) is 6.02. The van der Waals surface area contributed by atoms with Crippen LogP contribution in [0.2, 0.25) is 0 Å². The van der Waals surface area contributed by atoms with Crippen molar-refractivity contribution < 1.29 is 9.53 Å². The molecule has 0 unspecified atom stereocenters. The van der Waals surface area contributed by atoms with E-state index in [4.69, 9.17) is 4.74 Å². The second kappa shape index (κ2) is 9.27. The normalized spacial score (nSPS) is 14.5. The molecule has 1 aliphatic rings. The third-order valence-electron chi connectivity index (χ3n) is 6.60. The first kappa shape index (κ1) is 22.1. The summed E-state index contributed by atoms with van der Waals surface area (Å²) in [6.07, 6.45) is 7.23. The number of hydrogen-bond donors (Lipinski definition) is 1. The zero-order chi connectivity index (χ0) is 23.7. The molecule has 0 atom stereocenters. The number of benzene rings is 1. The minimum absolute atomic E-state index is 0.0333. The highest BCUT2D eigenvalue weighted by Gasteiger charge is 2.22. The fourth-order valence-electron chi connectivity index (χ4n) is 4.58. The van der Waals surface area contributed by atoms with Crippen molar-refractivity contribution in [2.45, 2.75) is 13.8 Å². The van der Waals surface area contributed by atoms with Gasteiger partial charge in [0.25, 0.3) is 5.91 Å². The molecule has 1 aliphatic heterocycles. The van der Waals surface area contributed by atoms with E-state index in [1.54, 1.807) is 19.5 Å². The number of amides is 1. The van der Waals surface area contributed by atoms with Gasteiger partial charge in [-0.3, -0.25) is 9.78 Å². The van der Waals surface area contributed by atoms with Crippen LogP contribution in [-0.2, 0) is 0 Å². The summed E-state index contributed by atoms with van der Waals surface area (Å²) in [5.41, 5.74) is 6.39. The lowest BCUT2D eigenvalue weighted by molar-refractivity contribution is 0.0643. The quantitative estimate of drug-likeness (QED) is 0.483. The Hall–Kier alpha value is -3.71. The van der Waals surface area contributed by atoms with E-state index in [9.17, 15) is 4.79 Å². The Morgan fingerprint density at radius 2 is 1.82 bits per heavy atom. The van der Waals surface area contributed by atoms with Gasteiger partial charge in [-0.2, -0.15) is 0 Å². The maximum Gasteiger partial charge on any atom is 0.255 e. The summed E-state index contributed by atoms with van der Waals surface area (Å²) in [7, 11) is 1.68. The molecule has 4 heterocycles. The van der Waals surface area contributed by atoms with Crippen molar-refractivity contribution in [3.8, 4) is 28.0 Å². The molecular formula is C27H29N5O2. The van der Waals surface area contributed by atoms with Crippen LogP contribution in [0, 0.1) is 6.92 Å². The van der Waals surface area contributed by atoms with Crippen molar-refractivity contribution in [1.29, 1.82) is 0 Å². The van der Waals surface area contributed by atoms with E-state index >= 15 is 0 Å². The molecule has 0 spiro atoms. The Morgan fingerprint density at radius 3 is 2.59 bits per heavy atom. The van der Waals surface area contributed by atoms with Crippen molar-refractivity contribution in [3.05, 3.63) is 66.2 Å². The SMILES string of the molecule is CCN1CCN(C(=O)c2cncc(-c3cnc4[nH]cc(-c5cc(C)ccc5OC)c4c3)c2)CC1. The molecule has 0 saturated carbocycles. The lowest BCUT2D eigenvalue weighted by atomic mass is 10.00. The van der Waals surface area contributed by atoms with Crippen LogP contribution in [0.15, 0.2) is 55.1 Å². The molecule has 174 valence electrons. The fourth-order valence-corrected chi connectivity index (χ4v) is 4.58. The zero-order valence-electron chi connectivity index (χ0n) is 19.8. The number of rotatable bonds is 5. The van der Waals surface area contributed by atoms with Gasteiger partial charge >= 0.3 is 0 Å². The fraction of sp³-hybridized carbons (Fsp3) is 0.296. The van der Waals surface area contributed by atoms with Crippen LogP contribution in [0.25, 0.3) is 33.3 Å². The summed E-state index contributed by atoms with van der Waals surface area (Å²) in [6.45, 7) is 8.55. The number of carbonyl (C=O) groups excluding carboxylic acids is 1. The number of nitrogens with zero attached hydrogens (tertiary/aromatic N) is 4. The molecule has 5 rings (SSSR count). The molecular weight excluding hydrogens is 426 g/mol. The van der Waals surface area contributed by atoms with Gasteiger partial charge < -0.3 is 19.5 Å². The minimum Gasteiger partial charge on any atom is -0.496 e. The molecule has 1 amide bonds. The number of H-pyrrole nitrogens is 1. The van der Waals surface area contributed by atoms with Crippen molar-refractivity contribution in [2.75, 3.05) is 39.8 Å². The van der Waals surface area contributed by atoms with Crippen LogP contribution in [0.3, 0.4) is 0 Å². The Balaban J connectivity index is 1.48. The van der Waals surface area contributed by atoms with Gasteiger partial charge in [-0.05, 0) is 37.7 Å². The summed E-state index contributed by atoms with van der Waals surface area (Å²) in [5, 5.41) is 0.994. The lowest BCUT2D eigenvalue weighted by Gasteiger charge is -2.34. The predicted octanol–water partition coefficient (Wildman–Crippen LogP) is 4.39. The van der Waals surface area contributed by atoms with E-state index in [0.717, 1.165) is 77.3 Å². The first-order valence-electron chi connectivity index (χ1n) is 11.7. The summed E-state index contributed by atoms with van der Waals surface area (Å²) < 4.78 is 5.61. The predicted molar refractivity (Wildman–Crippen MR) is 134 cm³/mol. The Morgan fingerprint density at radius 1 is 1.03 bits per heavy atom. The van der Waals surface area contributed by atoms with E-state index in [1.807, 2.05) is 35.5 Å². The van der Waals surface area contributed by atoms with Crippen molar-refractivity contribution in [1.82, 2.24) is 24.8 Å². The molecule has 0 bridgehead atoms. The van der Waals surface area contributed by atoms with Crippen molar-refractivity contribution >= 4 is 16.9 Å². The third kappa shape index (κ3) is 4.15. The van der Waals surface area contributed by atoms with Gasteiger partial charge in [0.1, 0.15) is 11.4 Å². The largest absolute Gasteiger partial charge is 0.496 e. The molecule has 7 nitrogen and oxygen atoms in total. The molecule has 0 aliphatic carbocycles. The Bertz CT molecular complexity index is 1340. The van der Waals surface area contributed by atoms with Gasteiger partial charge in [-0.25, -0.2) is 4.98 Å². The van der Waals surface area contributed by atoms with Crippen LogP contribution in [-0.4, -0.2) is 70.5 Å².